The molecule has 5 heteroatoms. The lowest BCUT2D eigenvalue weighted by Gasteiger charge is -2.34. The fourth-order valence-electron chi connectivity index (χ4n) is 1.34. The summed E-state index contributed by atoms with van der Waals surface area (Å²) in [6.07, 6.45) is 2.20. The summed E-state index contributed by atoms with van der Waals surface area (Å²) < 4.78 is 11.3. The van der Waals surface area contributed by atoms with Crippen molar-refractivity contribution in [1.29, 1.82) is 0 Å². The van der Waals surface area contributed by atoms with E-state index in [1.54, 1.807) is 10.8 Å². The molecule has 15 heavy (non-hydrogen) atoms. The van der Waals surface area contributed by atoms with E-state index in [4.69, 9.17) is 9.47 Å². The Morgan fingerprint density at radius 1 is 1.33 bits per heavy atom. The van der Waals surface area contributed by atoms with Crippen LogP contribution in [0.2, 0.25) is 0 Å². The molecule has 0 atom stereocenters. The van der Waals surface area contributed by atoms with E-state index in [0.29, 0.717) is 0 Å². The molecule has 0 saturated carbocycles. The van der Waals surface area contributed by atoms with Gasteiger partial charge in [-0.3, -0.25) is 0 Å². The zero-order valence-corrected chi connectivity index (χ0v) is 11.9. The minimum absolute atomic E-state index is 0.0299. The third-order valence-corrected chi connectivity index (χ3v) is 4.80. The lowest BCUT2D eigenvalue weighted by Crippen LogP contribution is -2.37. The second-order valence-electron chi connectivity index (χ2n) is 4.51. The summed E-state index contributed by atoms with van der Waals surface area (Å²) in [6, 6.07) is 0. The van der Waals surface area contributed by atoms with Gasteiger partial charge in [-0.25, -0.2) is 0 Å². The van der Waals surface area contributed by atoms with Crippen LogP contribution in [0.3, 0.4) is 0 Å². The molecule has 0 radical (unpaired) electrons. The third kappa shape index (κ3) is 6.31. The Balaban J connectivity index is 1.99. The van der Waals surface area contributed by atoms with Gasteiger partial charge in [-0.05, 0) is 18.6 Å². The van der Waals surface area contributed by atoms with Crippen LogP contribution in [0.25, 0.3) is 0 Å². The van der Waals surface area contributed by atoms with Crippen LogP contribution >= 0.6 is 34.2 Å². The van der Waals surface area contributed by atoms with Gasteiger partial charge in [0.15, 0.2) is 6.29 Å². The molecule has 0 aliphatic carbocycles. The normalized spacial score (nSPS) is 21.8. The molecule has 2 nitrogen and oxygen atoms in total. The van der Waals surface area contributed by atoms with E-state index in [1.165, 1.54) is 5.75 Å². The molecule has 0 amide bonds. The maximum absolute atomic E-state index is 5.65. The number of thioether (sulfide) groups is 1. The molecule has 1 rings (SSSR count). The Kier molecular flexibility index (Phi) is 6.85. The molecule has 1 fully saturated rings. The first-order chi connectivity index (χ1) is 7.14. The molecule has 0 N–H and O–H groups in total. The summed E-state index contributed by atoms with van der Waals surface area (Å²) in [4.78, 5) is 0. The highest BCUT2D eigenvalue weighted by atomic mass is 33.1. The van der Waals surface area contributed by atoms with Gasteiger partial charge >= 0.3 is 0 Å². The molecule has 1 heterocycles. The SMILES string of the molecule is CC1(C)COC(CCCSCSS)OC1. The summed E-state index contributed by atoms with van der Waals surface area (Å²) in [6.45, 7) is 5.97. The van der Waals surface area contributed by atoms with Gasteiger partial charge in [0.05, 0.1) is 13.2 Å². The van der Waals surface area contributed by atoms with Crippen molar-refractivity contribution in [1.82, 2.24) is 0 Å². The summed E-state index contributed by atoms with van der Waals surface area (Å²) in [5, 5.41) is 1.06. The van der Waals surface area contributed by atoms with E-state index in [-0.39, 0.29) is 11.7 Å². The lowest BCUT2D eigenvalue weighted by atomic mass is 9.95. The molecule has 1 aliphatic heterocycles. The second-order valence-corrected chi connectivity index (χ2v) is 7.31. The first-order valence-corrected chi connectivity index (χ1v) is 8.41. The average molecular weight is 268 g/mol. The molecular weight excluding hydrogens is 248 g/mol. The van der Waals surface area contributed by atoms with Gasteiger partial charge in [-0.1, -0.05) is 24.6 Å². The van der Waals surface area contributed by atoms with Crippen molar-refractivity contribution in [2.75, 3.05) is 24.1 Å². The minimum Gasteiger partial charge on any atom is -0.352 e. The fraction of sp³-hybridized carbons (Fsp3) is 1.00. The Morgan fingerprint density at radius 3 is 2.60 bits per heavy atom. The molecule has 0 aromatic carbocycles. The van der Waals surface area contributed by atoms with Crippen molar-refractivity contribution in [3.05, 3.63) is 0 Å². The first-order valence-electron chi connectivity index (χ1n) is 5.21. The van der Waals surface area contributed by atoms with Gasteiger partial charge in [0, 0.05) is 10.5 Å². The minimum atomic E-state index is 0.0299. The Labute approximate surface area is 106 Å². The smallest absolute Gasteiger partial charge is 0.157 e. The molecule has 0 spiro atoms. The van der Waals surface area contributed by atoms with E-state index in [9.17, 15) is 0 Å². The van der Waals surface area contributed by atoms with Crippen LogP contribution in [-0.2, 0) is 9.47 Å². The zero-order valence-electron chi connectivity index (χ0n) is 9.40. The van der Waals surface area contributed by atoms with Crippen LogP contribution in [0.4, 0.5) is 0 Å². The fourth-order valence-corrected chi connectivity index (χ4v) is 3.15. The number of ether oxygens (including phenoxy) is 2. The molecular formula is C10H20O2S3. The van der Waals surface area contributed by atoms with E-state index < -0.39 is 0 Å². The largest absolute Gasteiger partial charge is 0.352 e. The maximum Gasteiger partial charge on any atom is 0.157 e. The van der Waals surface area contributed by atoms with E-state index in [1.807, 2.05) is 11.8 Å². The van der Waals surface area contributed by atoms with Gasteiger partial charge in [0.1, 0.15) is 0 Å². The molecule has 0 aromatic heterocycles. The molecule has 1 saturated heterocycles. The summed E-state index contributed by atoms with van der Waals surface area (Å²) in [7, 11) is 1.58. The van der Waals surface area contributed by atoms with Crippen LogP contribution in [0, 0.1) is 5.41 Å². The average Bonchev–Trinajstić information content (AvgIpc) is 2.20. The van der Waals surface area contributed by atoms with Crippen LogP contribution in [0.5, 0.6) is 0 Å². The van der Waals surface area contributed by atoms with Gasteiger partial charge in [-0.15, -0.1) is 11.7 Å². The topological polar surface area (TPSA) is 18.5 Å². The van der Waals surface area contributed by atoms with Crippen LogP contribution in [-0.4, -0.2) is 30.3 Å². The lowest BCUT2D eigenvalue weighted by molar-refractivity contribution is -0.223. The van der Waals surface area contributed by atoms with E-state index in [2.05, 4.69) is 25.5 Å². The van der Waals surface area contributed by atoms with E-state index in [0.717, 1.165) is 31.1 Å². The van der Waals surface area contributed by atoms with Crippen LogP contribution < -0.4 is 0 Å². The van der Waals surface area contributed by atoms with Crippen molar-refractivity contribution < 1.29 is 9.47 Å². The summed E-state index contributed by atoms with van der Waals surface area (Å²) in [5.74, 6) is 1.17. The standard InChI is InChI=1S/C10H20O2S3/c1-10(2)6-11-9(12-7-10)4-3-5-14-8-15-13/h9,13H,3-8H2,1-2H3. The van der Waals surface area contributed by atoms with Crippen molar-refractivity contribution in [3.63, 3.8) is 0 Å². The number of thiol groups is 1. The zero-order chi connectivity index (χ0) is 11.1. The highest BCUT2D eigenvalue weighted by molar-refractivity contribution is 8.70. The highest BCUT2D eigenvalue weighted by Gasteiger charge is 2.27. The molecule has 1 aliphatic rings. The summed E-state index contributed by atoms with van der Waals surface area (Å²) in [5.41, 5.74) is 0.188. The van der Waals surface area contributed by atoms with Gasteiger partial charge in [0.25, 0.3) is 0 Å². The second kappa shape index (κ2) is 7.33. The third-order valence-electron chi connectivity index (χ3n) is 2.18. The highest BCUT2D eigenvalue weighted by Crippen LogP contribution is 2.25. The Bertz CT molecular complexity index is 166. The van der Waals surface area contributed by atoms with Crippen molar-refractivity contribution in [2.24, 2.45) is 5.41 Å². The summed E-state index contributed by atoms with van der Waals surface area (Å²) >= 11 is 6.01. The Morgan fingerprint density at radius 2 is 2.00 bits per heavy atom. The van der Waals surface area contributed by atoms with Crippen molar-refractivity contribution in [3.8, 4) is 0 Å². The van der Waals surface area contributed by atoms with Crippen LogP contribution in [0.15, 0.2) is 0 Å². The van der Waals surface area contributed by atoms with Gasteiger partial charge in [-0.2, -0.15) is 11.8 Å². The molecule has 0 bridgehead atoms. The van der Waals surface area contributed by atoms with Crippen molar-refractivity contribution in [2.45, 2.75) is 33.0 Å². The van der Waals surface area contributed by atoms with Gasteiger partial charge in [0.2, 0.25) is 0 Å². The number of hydrogen-bond donors (Lipinski definition) is 1. The number of rotatable bonds is 6. The molecule has 0 unspecified atom stereocenters. The predicted molar refractivity (Wildman–Crippen MR) is 72.6 cm³/mol. The number of hydrogen-bond acceptors (Lipinski definition) is 5. The molecule has 0 aromatic rings. The maximum atomic E-state index is 5.65. The quantitative estimate of drug-likeness (QED) is 0.344. The van der Waals surface area contributed by atoms with Crippen LogP contribution in [0.1, 0.15) is 26.7 Å². The Hall–Kier alpha value is 0.970. The monoisotopic (exact) mass is 268 g/mol. The van der Waals surface area contributed by atoms with Gasteiger partial charge < -0.3 is 9.47 Å². The predicted octanol–water partition coefficient (Wildman–Crippen LogP) is 3.43. The molecule has 90 valence electrons. The first kappa shape index (κ1) is 14.0. The van der Waals surface area contributed by atoms with E-state index >= 15 is 0 Å². The van der Waals surface area contributed by atoms with Crippen molar-refractivity contribution >= 4 is 34.2 Å².